The number of nitrogens with one attached hydrogen (secondary N) is 1. The molecule has 0 aliphatic heterocycles. The summed E-state index contributed by atoms with van der Waals surface area (Å²) in [5.74, 6) is 0.0199. The molecular weight excluding hydrogens is 231 g/mol. The van der Waals surface area contributed by atoms with Crippen LogP contribution in [0.25, 0.3) is 0 Å². The van der Waals surface area contributed by atoms with Crippen LogP contribution in [-0.2, 0) is 0 Å². The second-order valence-electron chi connectivity index (χ2n) is 4.88. The number of rotatable bonds is 6. The predicted molar refractivity (Wildman–Crippen MR) is 71.8 cm³/mol. The molecule has 4 heteroatoms. The summed E-state index contributed by atoms with van der Waals surface area (Å²) in [7, 11) is 0. The molecule has 0 aliphatic rings. The van der Waals surface area contributed by atoms with Gasteiger partial charge in [0, 0.05) is 12.2 Å². The molecule has 3 N–H and O–H groups in total. The zero-order valence-corrected chi connectivity index (χ0v) is 11.0. The van der Waals surface area contributed by atoms with Crippen molar-refractivity contribution in [2.45, 2.75) is 33.1 Å². The lowest BCUT2D eigenvalue weighted by molar-refractivity contribution is 0.0953. The van der Waals surface area contributed by atoms with Crippen molar-refractivity contribution < 1.29 is 9.18 Å². The quantitative estimate of drug-likeness (QED) is 0.604. The second kappa shape index (κ2) is 6.99. The van der Waals surface area contributed by atoms with Gasteiger partial charge in [0.05, 0.1) is 5.56 Å². The van der Waals surface area contributed by atoms with Crippen molar-refractivity contribution in [1.29, 1.82) is 0 Å². The molecule has 1 amide bonds. The van der Waals surface area contributed by atoms with E-state index in [1.54, 1.807) is 0 Å². The van der Waals surface area contributed by atoms with Gasteiger partial charge in [-0.2, -0.15) is 0 Å². The highest BCUT2D eigenvalue weighted by Gasteiger charge is 2.09. The Balaban J connectivity index is 2.36. The van der Waals surface area contributed by atoms with E-state index in [4.69, 9.17) is 5.73 Å². The Morgan fingerprint density at radius 2 is 2.11 bits per heavy atom. The highest BCUT2D eigenvalue weighted by atomic mass is 19.1. The van der Waals surface area contributed by atoms with Gasteiger partial charge in [0.2, 0.25) is 0 Å². The molecule has 0 unspecified atom stereocenters. The van der Waals surface area contributed by atoms with E-state index >= 15 is 0 Å². The summed E-state index contributed by atoms with van der Waals surface area (Å²) in [4.78, 5) is 11.8. The topological polar surface area (TPSA) is 55.1 Å². The molecule has 0 saturated heterocycles. The average molecular weight is 252 g/mol. The highest BCUT2D eigenvalue weighted by molar-refractivity contribution is 5.99. The first-order valence-electron chi connectivity index (χ1n) is 6.34. The number of anilines is 1. The molecule has 100 valence electrons. The predicted octanol–water partition coefficient (Wildman–Crippen LogP) is 2.96. The van der Waals surface area contributed by atoms with Crippen LogP contribution in [0.2, 0.25) is 0 Å². The van der Waals surface area contributed by atoms with Gasteiger partial charge >= 0.3 is 0 Å². The Morgan fingerprint density at radius 3 is 2.72 bits per heavy atom. The summed E-state index contributed by atoms with van der Waals surface area (Å²) in [5.41, 5.74) is 6.10. The van der Waals surface area contributed by atoms with Crippen molar-refractivity contribution in [2.75, 3.05) is 12.3 Å². The van der Waals surface area contributed by atoms with Crippen LogP contribution in [0, 0.1) is 11.7 Å². The average Bonchev–Trinajstić information content (AvgIpc) is 2.27. The normalized spacial score (nSPS) is 10.7. The number of nitrogens with two attached hydrogens (primary N) is 1. The van der Waals surface area contributed by atoms with Gasteiger partial charge in [-0.25, -0.2) is 4.39 Å². The molecule has 0 atom stereocenters. The van der Waals surface area contributed by atoms with E-state index < -0.39 is 5.82 Å². The van der Waals surface area contributed by atoms with Gasteiger partial charge in [-0.3, -0.25) is 4.79 Å². The van der Waals surface area contributed by atoms with Crippen molar-refractivity contribution in [1.82, 2.24) is 5.32 Å². The third-order valence-electron chi connectivity index (χ3n) is 2.75. The minimum Gasteiger partial charge on any atom is -0.398 e. The first-order chi connectivity index (χ1) is 8.50. The SMILES string of the molecule is CC(C)CCCCNC(=O)c1ccc(F)cc1N. The minimum absolute atomic E-state index is 0.176. The number of carbonyl (C=O) groups excluding carboxylic acids is 1. The maximum absolute atomic E-state index is 12.8. The third kappa shape index (κ3) is 4.73. The number of unbranched alkanes of at least 4 members (excludes halogenated alkanes) is 1. The van der Waals surface area contributed by atoms with Crippen molar-refractivity contribution in [3.63, 3.8) is 0 Å². The van der Waals surface area contributed by atoms with Crippen LogP contribution in [0.15, 0.2) is 18.2 Å². The Morgan fingerprint density at radius 1 is 1.39 bits per heavy atom. The van der Waals surface area contributed by atoms with E-state index in [1.165, 1.54) is 12.1 Å². The van der Waals surface area contributed by atoms with E-state index in [9.17, 15) is 9.18 Å². The van der Waals surface area contributed by atoms with Crippen LogP contribution in [0.3, 0.4) is 0 Å². The smallest absolute Gasteiger partial charge is 0.253 e. The number of benzene rings is 1. The molecule has 0 fully saturated rings. The molecule has 0 saturated carbocycles. The molecule has 0 aliphatic carbocycles. The van der Waals surface area contributed by atoms with E-state index in [0.29, 0.717) is 18.0 Å². The molecular formula is C14H21FN2O. The van der Waals surface area contributed by atoms with Crippen LogP contribution in [0.4, 0.5) is 10.1 Å². The fraction of sp³-hybridized carbons (Fsp3) is 0.500. The summed E-state index contributed by atoms with van der Waals surface area (Å²) in [6.07, 6.45) is 3.20. The van der Waals surface area contributed by atoms with Gasteiger partial charge in [-0.1, -0.05) is 26.7 Å². The fourth-order valence-corrected chi connectivity index (χ4v) is 1.72. The highest BCUT2D eigenvalue weighted by Crippen LogP contribution is 2.13. The Bertz CT molecular complexity index is 405. The third-order valence-corrected chi connectivity index (χ3v) is 2.75. The van der Waals surface area contributed by atoms with Crippen LogP contribution < -0.4 is 11.1 Å². The van der Waals surface area contributed by atoms with Crippen LogP contribution in [0.1, 0.15) is 43.5 Å². The largest absolute Gasteiger partial charge is 0.398 e. The van der Waals surface area contributed by atoms with Gasteiger partial charge in [0.1, 0.15) is 5.82 Å². The Kier molecular flexibility index (Phi) is 5.62. The zero-order valence-electron chi connectivity index (χ0n) is 11.0. The van der Waals surface area contributed by atoms with Gasteiger partial charge in [-0.05, 0) is 30.5 Å². The van der Waals surface area contributed by atoms with E-state index in [2.05, 4.69) is 19.2 Å². The number of hydrogen-bond donors (Lipinski definition) is 2. The van der Waals surface area contributed by atoms with E-state index in [0.717, 1.165) is 25.3 Å². The van der Waals surface area contributed by atoms with Crippen molar-refractivity contribution in [3.8, 4) is 0 Å². The van der Waals surface area contributed by atoms with Gasteiger partial charge in [0.25, 0.3) is 5.91 Å². The first kappa shape index (κ1) is 14.5. The van der Waals surface area contributed by atoms with Crippen LogP contribution in [0.5, 0.6) is 0 Å². The maximum atomic E-state index is 12.8. The lowest BCUT2D eigenvalue weighted by Crippen LogP contribution is -2.25. The lowest BCUT2D eigenvalue weighted by Gasteiger charge is -2.08. The second-order valence-corrected chi connectivity index (χ2v) is 4.88. The number of halogens is 1. The summed E-state index contributed by atoms with van der Waals surface area (Å²) in [5, 5.41) is 2.79. The standard InChI is InChI=1S/C14H21FN2O/c1-10(2)5-3-4-8-17-14(18)12-7-6-11(15)9-13(12)16/h6-7,9-10H,3-5,8,16H2,1-2H3,(H,17,18). The number of amides is 1. The molecule has 1 rings (SSSR count). The van der Waals surface area contributed by atoms with Gasteiger partial charge in [-0.15, -0.1) is 0 Å². The number of nitrogen functional groups attached to an aromatic ring is 1. The minimum atomic E-state index is -0.430. The monoisotopic (exact) mass is 252 g/mol. The summed E-state index contributed by atoms with van der Waals surface area (Å²) in [6, 6.07) is 3.81. The lowest BCUT2D eigenvalue weighted by atomic mass is 10.1. The zero-order chi connectivity index (χ0) is 13.5. The molecule has 0 spiro atoms. The molecule has 0 heterocycles. The van der Waals surface area contributed by atoms with Crippen LogP contribution >= 0.6 is 0 Å². The molecule has 1 aromatic carbocycles. The molecule has 18 heavy (non-hydrogen) atoms. The maximum Gasteiger partial charge on any atom is 0.253 e. The molecule has 3 nitrogen and oxygen atoms in total. The molecule has 1 aromatic rings. The first-order valence-corrected chi connectivity index (χ1v) is 6.34. The number of hydrogen-bond acceptors (Lipinski definition) is 2. The van der Waals surface area contributed by atoms with E-state index in [-0.39, 0.29) is 11.6 Å². The Hall–Kier alpha value is -1.58. The molecule has 0 aromatic heterocycles. The van der Waals surface area contributed by atoms with Crippen molar-refractivity contribution in [2.24, 2.45) is 5.92 Å². The van der Waals surface area contributed by atoms with Crippen molar-refractivity contribution in [3.05, 3.63) is 29.6 Å². The Labute approximate surface area is 108 Å². The summed E-state index contributed by atoms with van der Waals surface area (Å²) >= 11 is 0. The van der Waals surface area contributed by atoms with Crippen molar-refractivity contribution >= 4 is 11.6 Å². The van der Waals surface area contributed by atoms with E-state index in [1.807, 2.05) is 0 Å². The number of carbonyl (C=O) groups is 1. The fourth-order valence-electron chi connectivity index (χ4n) is 1.72. The molecule has 0 radical (unpaired) electrons. The van der Waals surface area contributed by atoms with Crippen LogP contribution in [-0.4, -0.2) is 12.5 Å². The molecule has 0 bridgehead atoms. The summed E-state index contributed by atoms with van der Waals surface area (Å²) in [6.45, 7) is 4.98. The van der Waals surface area contributed by atoms with Gasteiger partial charge < -0.3 is 11.1 Å². The summed E-state index contributed by atoms with van der Waals surface area (Å²) < 4.78 is 12.8. The van der Waals surface area contributed by atoms with Gasteiger partial charge in [0.15, 0.2) is 0 Å².